The van der Waals surface area contributed by atoms with Gasteiger partial charge in [-0.25, -0.2) is 0 Å². The summed E-state index contributed by atoms with van der Waals surface area (Å²) in [6.07, 6.45) is 2.25. The Labute approximate surface area is 155 Å². The molecule has 0 aliphatic heterocycles. The lowest BCUT2D eigenvalue weighted by Gasteiger charge is -2.12. The van der Waals surface area contributed by atoms with Crippen LogP contribution in [0.5, 0.6) is 0 Å². The van der Waals surface area contributed by atoms with Crippen LogP contribution in [0.25, 0.3) is 10.9 Å². The van der Waals surface area contributed by atoms with E-state index in [1.807, 2.05) is 66.3 Å². The number of amides is 1. The molecule has 0 saturated heterocycles. The second kappa shape index (κ2) is 7.85. The van der Waals surface area contributed by atoms with Crippen LogP contribution < -0.4 is 5.32 Å². The van der Waals surface area contributed by atoms with Gasteiger partial charge in [0.15, 0.2) is 0 Å². The van der Waals surface area contributed by atoms with E-state index >= 15 is 0 Å². The molecule has 0 bridgehead atoms. The van der Waals surface area contributed by atoms with Gasteiger partial charge in [-0.15, -0.1) is 0 Å². The zero-order chi connectivity index (χ0) is 17.8. The number of aryl methyl sites for hydroxylation is 2. The average molecular weight is 401 g/mol. The average Bonchev–Trinajstić information content (AvgIpc) is 2.96. The summed E-state index contributed by atoms with van der Waals surface area (Å²) >= 11 is 3.49. The number of nitrogens with zero attached hydrogens (tertiary/aromatic N) is 1. The first-order valence-corrected chi connectivity index (χ1v) is 9.07. The molecule has 25 heavy (non-hydrogen) atoms. The van der Waals surface area contributed by atoms with Gasteiger partial charge in [0, 0.05) is 47.1 Å². The topological polar surface area (TPSA) is 54.3 Å². The Morgan fingerprint density at radius 1 is 1.20 bits per heavy atom. The van der Waals surface area contributed by atoms with E-state index in [0.717, 1.165) is 26.5 Å². The first kappa shape index (κ1) is 17.7. The molecule has 3 rings (SSSR count). The van der Waals surface area contributed by atoms with Gasteiger partial charge in [0.1, 0.15) is 0 Å². The second-order valence-electron chi connectivity index (χ2n) is 6.12. The minimum absolute atomic E-state index is 0.0601. The van der Waals surface area contributed by atoms with E-state index in [4.69, 9.17) is 0 Å². The van der Waals surface area contributed by atoms with Crippen molar-refractivity contribution in [1.29, 1.82) is 0 Å². The lowest BCUT2D eigenvalue weighted by molar-refractivity contribution is -0.121. The van der Waals surface area contributed by atoms with Gasteiger partial charge in [-0.3, -0.25) is 4.79 Å². The molecule has 2 N–H and O–H groups in total. The highest BCUT2D eigenvalue weighted by Crippen LogP contribution is 2.25. The number of hydrogen-bond donors (Lipinski definition) is 2. The number of fused-ring (bicyclic) bond motifs is 1. The first-order chi connectivity index (χ1) is 12.1. The molecule has 0 radical (unpaired) electrons. The fourth-order valence-corrected chi connectivity index (χ4v) is 3.48. The molecule has 1 unspecified atom stereocenters. The van der Waals surface area contributed by atoms with Crippen molar-refractivity contribution < 1.29 is 9.90 Å². The number of aromatic nitrogens is 1. The predicted molar refractivity (Wildman–Crippen MR) is 103 cm³/mol. The van der Waals surface area contributed by atoms with Crippen LogP contribution in [-0.2, 0) is 18.3 Å². The maximum atomic E-state index is 12.1. The summed E-state index contributed by atoms with van der Waals surface area (Å²) in [5, 5.41) is 14.3. The van der Waals surface area contributed by atoms with Crippen molar-refractivity contribution in [2.24, 2.45) is 7.05 Å². The number of carbonyl (C=O) groups excluding carboxylic acids is 1. The maximum absolute atomic E-state index is 12.1. The highest BCUT2D eigenvalue weighted by Gasteiger charge is 2.15. The lowest BCUT2D eigenvalue weighted by atomic mass is 10.1. The van der Waals surface area contributed by atoms with E-state index in [1.165, 1.54) is 0 Å². The SMILES string of the molecule is Cn1cc(C(O)CNC(=O)CCc2ccccc2Br)c2ccccc21. The first-order valence-electron chi connectivity index (χ1n) is 8.28. The molecule has 0 spiro atoms. The number of aliphatic hydroxyl groups is 1. The quantitative estimate of drug-likeness (QED) is 0.662. The zero-order valence-corrected chi connectivity index (χ0v) is 15.7. The van der Waals surface area contributed by atoms with Crippen LogP contribution in [0, 0.1) is 0 Å². The third kappa shape index (κ3) is 4.11. The Kier molecular flexibility index (Phi) is 5.56. The number of hydrogen-bond acceptors (Lipinski definition) is 2. The Bertz CT molecular complexity index is 888. The van der Waals surface area contributed by atoms with Crippen molar-refractivity contribution in [2.75, 3.05) is 6.54 Å². The minimum atomic E-state index is -0.724. The van der Waals surface area contributed by atoms with Crippen LogP contribution in [0.1, 0.15) is 23.7 Å². The molecular weight excluding hydrogens is 380 g/mol. The van der Waals surface area contributed by atoms with Crippen LogP contribution in [0.3, 0.4) is 0 Å². The standard InChI is InChI=1S/C20H21BrN2O2/c1-23-13-16(15-7-3-5-9-18(15)23)19(24)12-22-20(25)11-10-14-6-2-4-8-17(14)21/h2-9,13,19,24H,10-12H2,1H3,(H,22,25). The Balaban J connectivity index is 1.57. The molecule has 2 aromatic carbocycles. The van der Waals surface area contributed by atoms with Gasteiger partial charge in [-0.1, -0.05) is 52.3 Å². The van der Waals surface area contributed by atoms with Crippen molar-refractivity contribution in [1.82, 2.24) is 9.88 Å². The largest absolute Gasteiger partial charge is 0.386 e. The van der Waals surface area contributed by atoms with Crippen LogP contribution in [-0.4, -0.2) is 22.1 Å². The summed E-state index contributed by atoms with van der Waals surface area (Å²) in [6, 6.07) is 15.8. The van der Waals surface area contributed by atoms with E-state index in [1.54, 1.807) is 0 Å². The van der Waals surface area contributed by atoms with E-state index in [9.17, 15) is 9.90 Å². The molecule has 4 nitrogen and oxygen atoms in total. The van der Waals surface area contributed by atoms with Gasteiger partial charge in [0.25, 0.3) is 0 Å². The molecule has 5 heteroatoms. The van der Waals surface area contributed by atoms with E-state index in [0.29, 0.717) is 12.8 Å². The summed E-state index contributed by atoms with van der Waals surface area (Å²) in [5.41, 5.74) is 3.01. The summed E-state index contributed by atoms with van der Waals surface area (Å²) in [4.78, 5) is 12.1. The van der Waals surface area contributed by atoms with Crippen molar-refractivity contribution in [2.45, 2.75) is 18.9 Å². The van der Waals surface area contributed by atoms with Crippen molar-refractivity contribution in [3.05, 3.63) is 70.3 Å². The molecular formula is C20H21BrN2O2. The van der Waals surface area contributed by atoms with Gasteiger partial charge in [-0.2, -0.15) is 0 Å². The van der Waals surface area contributed by atoms with E-state index in [-0.39, 0.29) is 12.5 Å². The Morgan fingerprint density at radius 3 is 2.72 bits per heavy atom. The molecule has 1 atom stereocenters. The maximum Gasteiger partial charge on any atom is 0.220 e. The van der Waals surface area contributed by atoms with E-state index < -0.39 is 6.10 Å². The van der Waals surface area contributed by atoms with Crippen LogP contribution >= 0.6 is 15.9 Å². The number of carbonyl (C=O) groups is 1. The zero-order valence-electron chi connectivity index (χ0n) is 14.1. The Morgan fingerprint density at radius 2 is 1.92 bits per heavy atom. The number of benzene rings is 2. The molecule has 0 aliphatic carbocycles. The van der Waals surface area contributed by atoms with Crippen LogP contribution in [0.4, 0.5) is 0 Å². The summed E-state index contributed by atoms with van der Waals surface area (Å²) in [7, 11) is 1.95. The number of aliphatic hydroxyl groups excluding tert-OH is 1. The van der Waals surface area contributed by atoms with Crippen molar-refractivity contribution in [3.8, 4) is 0 Å². The third-order valence-corrected chi connectivity index (χ3v) is 5.13. The molecule has 130 valence electrons. The molecule has 0 saturated carbocycles. The number of para-hydroxylation sites is 1. The molecule has 0 aliphatic rings. The molecule has 1 aromatic heterocycles. The van der Waals surface area contributed by atoms with Gasteiger partial charge in [-0.05, 0) is 24.1 Å². The monoisotopic (exact) mass is 400 g/mol. The number of halogens is 1. The van der Waals surface area contributed by atoms with Crippen molar-refractivity contribution in [3.63, 3.8) is 0 Å². The third-order valence-electron chi connectivity index (χ3n) is 4.36. The van der Waals surface area contributed by atoms with Crippen LogP contribution in [0.15, 0.2) is 59.2 Å². The Hall–Kier alpha value is -2.11. The molecule has 1 heterocycles. The van der Waals surface area contributed by atoms with E-state index in [2.05, 4.69) is 21.2 Å². The van der Waals surface area contributed by atoms with Gasteiger partial charge in [0.2, 0.25) is 5.91 Å². The normalized spacial score (nSPS) is 12.3. The molecule has 3 aromatic rings. The van der Waals surface area contributed by atoms with Crippen LogP contribution in [0.2, 0.25) is 0 Å². The van der Waals surface area contributed by atoms with Gasteiger partial charge in [0.05, 0.1) is 6.10 Å². The fourth-order valence-electron chi connectivity index (χ4n) is 3.00. The number of nitrogens with one attached hydrogen (secondary N) is 1. The second-order valence-corrected chi connectivity index (χ2v) is 6.98. The highest BCUT2D eigenvalue weighted by atomic mass is 79.9. The summed E-state index contributed by atoms with van der Waals surface area (Å²) in [6.45, 7) is 0.211. The smallest absolute Gasteiger partial charge is 0.220 e. The van der Waals surface area contributed by atoms with Gasteiger partial charge >= 0.3 is 0 Å². The number of rotatable bonds is 6. The minimum Gasteiger partial charge on any atom is -0.386 e. The highest BCUT2D eigenvalue weighted by molar-refractivity contribution is 9.10. The lowest BCUT2D eigenvalue weighted by Crippen LogP contribution is -2.28. The predicted octanol–water partition coefficient (Wildman–Crippen LogP) is 3.72. The van der Waals surface area contributed by atoms with Gasteiger partial charge < -0.3 is 15.0 Å². The molecule has 1 amide bonds. The summed E-state index contributed by atoms with van der Waals surface area (Å²) in [5.74, 6) is -0.0601. The van der Waals surface area contributed by atoms with Crippen molar-refractivity contribution >= 4 is 32.7 Å². The molecule has 0 fully saturated rings. The fraction of sp³-hybridized carbons (Fsp3) is 0.250. The summed E-state index contributed by atoms with van der Waals surface area (Å²) < 4.78 is 3.00.